The third kappa shape index (κ3) is 3.37. The summed E-state index contributed by atoms with van der Waals surface area (Å²) in [4.78, 5) is 14.5. The van der Waals surface area contributed by atoms with Crippen LogP contribution in [-0.2, 0) is 0 Å². The van der Waals surface area contributed by atoms with Crippen LogP contribution in [0.2, 0.25) is 0 Å². The molecule has 0 aliphatic carbocycles. The van der Waals surface area contributed by atoms with Crippen LogP contribution in [0, 0.1) is 17.0 Å². The maximum Gasteiger partial charge on any atom is 0.276 e. The number of pyridine rings is 1. The lowest BCUT2D eigenvalue weighted by molar-refractivity contribution is -0.384. The highest BCUT2D eigenvalue weighted by Crippen LogP contribution is 2.26. The second-order valence-corrected chi connectivity index (χ2v) is 4.31. The zero-order chi connectivity index (χ0) is 15.4. The van der Waals surface area contributed by atoms with Gasteiger partial charge in [-0.05, 0) is 30.7 Å². The van der Waals surface area contributed by atoms with E-state index in [2.05, 4.69) is 15.7 Å². The number of hydrogen-bond donors (Lipinski definition) is 3. The maximum atomic E-state index is 10.9. The van der Waals surface area contributed by atoms with Crippen LogP contribution in [0.5, 0.6) is 5.75 Å². The minimum atomic E-state index is -0.507. The van der Waals surface area contributed by atoms with E-state index in [1.54, 1.807) is 19.2 Å². The molecular weight excluding hydrogens is 274 g/mol. The largest absolute Gasteiger partial charge is 0.496 e. The van der Waals surface area contributed by atoms with E-state index in [-0.39, 0.29) is 11.5 Å². The van der Waals surface area contributed by atoms with E-state index in [9.17, 15) is 10.1 Å². The van der Waals surface area contributed by atoms with Crippen molar-refractivity contribution in [2.75, 3.05) is 17.9 Å². The molecule has 0 aliphatic rings. The van der Waals surface area contributed by atoms with Crippen LogP contribution in [0.25, 0.3) is 0 Å². The second kappa shape index (κ2) is 6.06. The van der Waals surface area contributed by atoms with E-state index in [0.717, 1.165) is 17.0 Å². The molecule has 0 spiro atoms. The van der Waals surface area contributed by atoms with Crippen molar-refractivity contribution in [2.45, 2.75) is 6.92 Å². The third-order valence-corrected chi connectivity index (χ3v) is 2.84. The van der Waals surface area contributed by atoms with Crippen molar-refractivity contribution in [1.82, 2.24) is 4.98 Å². The molecule has 0 unspecified atom stereocenters. The first-order valence-corrected chi connectivity index (χ1v) is 6.08. The van der Waals surface area contributed by atoms with Crippen molar-refractivity contribution >= 4 is 23.0 Å². The lowest BCUT2D eigenvalue weighted by Gasteiger charge is -2.10. The van der Waals surface area contributed by atoms with Gasteiger partial charge in [0.1, 0.15) is 17.4 Å². The molecule has 2 rings (SSSR count). The van der Waals surface area contributed by atoms with E-state index in [0.29, 0.717) is 5.82 Å². The molecule has 1 aromatic heterocycles. The summed E-state index contributed by atoms with van der Waals surface area (Å²) in [5, 5.41) is 13.9. The van der Waals surface area contributed by atoms with Crippen LogP contribution >= 0.6 is 0 Å². The predicted octanol–water partition coefficient (Wildman–Crippen LogP) is 2.34. The Morgan fingerprint density at radius 2 is 2.00 bits per heavy atom. The number of nitrogen functional groups attached to an aromatic ring is 1. The lowest BCUT2D eigenvalue weighted by Crippen LogP contribution is -2.10. The summed E-state index contributed by atoms with van der Waals surface area (Å²) >= 11 is 0. The Balaban J connectivity index is 2.32. The van der Waals surface area contributed by atoms with Gasteiger partial charge in [-0.25, -0.2) is 10.8 Å². The van der Waals surface area contributed by atoms with Gasteiger partial charge in [-0.2, -0.15) is 0 Å². The Kier molecular flexibility index (Phi) is 4.19. The Morgan fingerprint density at radius 3 is 2.57 bits per heavy atom. The molecule has 4 N–H and O–H groups in total. The fraction of sp³-hybridized carbons (Fsp3) is 0.154. The number of nitrogens with two attached hydrogens (primary N) is 1. The first kappa shape index (κ1) is 14.5. The highest BCUT2D eigenvalue weighted by atomic mass is 16.6. The zero-order valence-corrected chi connectivity index (χ0v) is 11.6. The van der Waals surface area contributed by atoms with Gasteiger partial charge in [0.2, 0.25) is 0 Å². The molecule has 0 amide bonds. The SMILES string of the molecule is COc1ccc(Nc2cc([N+](=O)[O-])cc(NN)n2)cc1C. The Bertz CT molecular complexity index is 675. The van der Waals surface area contributed by atoms with Gasteiger partial charge in [0.05, 0.1) is 24.2 Å². The van der Waals surface area contributed by atoms with Crippen molar-refractivity contribution < 1.29 is 9.66 Å². The number of aryl methyl sites for hydroxylation is 1. The van der Waals surface area contributed by atoms with Crippen molar-refractivity contribution in [1.29, 1.82) is 0 Å². The van der Waals surface area contributed by atoms with Crippen LogP contribution < -0.4 is 21.3 Å². The van der Waals surface area contributed by atoms with Gasteiger partial charge in [0, 0.05) is 5.69 Å². The molecule has 2 aromatic rings. The van der Waals surface area contributed by atoms with Gasteiger partial charge in [-0.1, -0.05) is 0 Å². The molecule has 0 bridgehead atoms. The molecule has 0 radical (unpaired) electrons. The van der Waals surface area contributed by atoms with Gasteiger partial charge < -0.3 is 15.5 Å². The van der Waals surface area contributed by atoms with Crippen molar-refractivity contribution in [3.05, 3.63) is 46.0 Å². The summed E-state index contributed by atoms with van der Waals surface area (Å²) in [6, 6.07) is 8.04. The molecular formula is C13H15N5O3. The molecule has 8 nitrogen and oxygen atoms in total. The molecule has 21 heavy (non-hydrogen) atoms. The number of nitrogens with one attached hydrogen (secondary N) is 2. The number of anilines is 3. The third-order valence-electron chi connectivity index (χ3n) is 2.84. The van der Waals surface area contributed by atoms with E-state index in [4.69, 9.17) is 10.6 Å². The van der Waals surface area contributed by atoms with Gasteiger partial charge in [-0.15, -0.1) is 0 Å². The Labute approximate surface area is 121 Å². The molecule has 1 heterocycles. The first-order chi connectivity index (χ1) is 10.0. The monoisotopic (exact) mass is 289 g/mol. The van der Waals surface area contributed by atoms with Crippen molar-refractivity contribution in [2.24, 2.45) is 5.84 Å². The molecule has 0 atom stereocenters. The van der Waals surface area contributed by atoms with Crippen LogP contribution in [0.4, 0.5) is 23.0 Å². The van der Waals surface area contributed by atoms with Crippen LogP contribution in [0.1, 0.15) is 5.56 Å². The summed E-state index contributed by atoms with van der Waals surface area (Å²) < 4.78 is 5.18. The average molecular weight is 289 g/mol. The standard InChI is InChI=1S/C13H15N5O3/c1-8-5-9(3-4-11(8)21-2)15-12-6-10(18(19)20)7-13(16-12)17-14/h3-7H,14H2,1-2H3,(H2,15,16,17). The highest BCUT2D eigenvalue weighted by Gasteiger charge is 2.11. The molecule has 110 valence electrons. The molecule has 0 aliphatic heterocycles. The van der Waals surface area contributed by atoms with Gasteiger partial charge >= 0.3 is 0 Å². The quantitative estimate of drug-likeness (QED) is 0.439. The fourth-order valence-corrected chi connectivity index (χ4v) is 1.86. The number of nitrogens with zero attached hydrogens (tertiary/aromatic N) is 2. The number of methoxy groups -OCH3 is 1. The van der Waals surface area contributed by atoms with Crippen LogP contribution in [-0.4, -0.2) is 17.0 Å². The van der Waals surface area contributed by atoms with Crippen molar-refractivity contribution in [3.8, 4) is 5.75 Å². The summed E-state index contributed by atoms with van der Waals surface area (Å²) in [6.45, 7) is 1.90. The van der Waals surface area contributed by atoms with Gasteiger partial charge in [0.15, 0.2) is 0 Å². The van der Waals surface area contributed by atoms with Gasteiger partial charge in [-0.3, -0.25) is 10.1 Å². The molecule has 0 saturated heterocycles. The van der Waals surface area contributed by atoms with E-state index in [1.165, 1.54) is 12.1 Å². The first-order valence-electron chi connectivity index (χ1n) is 6.08. The predicted molar refractivity (Wildman–Crippen MR) is 79.7 cm³/mol. The number of benzene rings is 1. The number of nitro groups is 1. The average Bonchev–Trinajstić information content (AvgIpc) is 2.47. The minimum Gasteiger partial charge on any atom is -0.496 e. The summed E-state index contributed by atoms with van der Waals surface area (Å²) in [5.74, 6) is 6.55. The minimum absolute atomic E-state index is 0.106. The number of hydrogen-bond acceptors (Lipinski definition) is 7. The summed E-state index contributed by atoms with van der Waals surface area (Å²) in [5.41, 5.74) is 3.87. The number of rotatable bonds is 5. The zero-order valence-electron chi connectivity index (χ0n) is 11.6. The van der Waals surface area contributed by atoms with Crippen LogP contribution in [0.15, 0.2) is 30.3 Å². The molecule has 8 heteroatoms. The Morgan fingerprint density at radius 1 is 1.29 bits per heavy atom. The highest BCUT2D eigenvalue weighted by molar-refractivity contribution is 5.63. The van der Waals surface area contributed by atoms with Gasteiger partial charge in [0.25, 0.3) is 5.69 Å². The van der Waals surface area contributed by atoms with Crippen LogP contribution in [0.3, 0.4) is 0 Å². The van der Waals surface area contributed by atoms with Crippen molar-refractivity contribution in [3.63, 3.8) is 0 Å². The normalized spacial score (nSPS) is 10.0. The summed E-state index contributed by atoms with van der Waals surface area (Å²) in [7, 11) is 1.59. The second-order valence-electron chi connectivity index (χ2n) is 4.31. The van der Waals surface area contributed by atoms with E-state index < -0.39 is 4.92 Å². The lowest BCUT2D eigenvalue weighted by atomic mass is 10.2. The summed E-state index contributed by atoms with van der Waals surface area (Å²) in [6.07, 6.45) is 0. The smallest absolute Gasteiger partial charge is 0.276 e. The number of aromatic nitrogens is 1. The molecule has 0 saturated carbocycles. The van der Waals surface area contributed by atoms with E-state index >= 15 is 0 Å². The van der Waals surface area contributed by atoms with E-state index in [1.807, 2.05) is 13.0 Å². The molecule has 1 aromatic carbocycles. The number of hydrazine groups is 1. The number of ether oxygens (including phenoxy) is 1. The maximum absolute atomic E-state index is 10.9. The fourth-order valence-electron chi connectivity index (χ4n) is 1.86. The molecule has 0 fully saturated rings. The Hall–Kier alpha value is -2.87. The topological polar surface area (TPSA) is 115 Å².